The van der Waals surface area contributed by atoms with Gasteiger partial charge in [-0.1, -0.05) is 29.4 Å². The van der Waals surface area contributed by atoms with E-state index in [4.69, 9.17) is 9.47 Å². The Morgan fingerprint density at radius 1 is 1.08 bits per heavy atom. The molecule has 0 radical (unpaired) electrons. The number of methoxy groups -OCH3 is 1. The SMILES string of the molecule is CNCc1ccc(Oc2nnnn2-c2ccccc2)c(OC)c1.Cl. The van der Waals surface area contributed by atoms with E-state index in [0.29, 0.717) is 11.5 Å². The zero-order chi connectivity index (χ0) is 16.1. The number of tetrazole rings is 1. The molecule has 0 bridgehead atoms. The minimum atomic E-state index is 0. The highest BCUT2D eigenvalue weighted by Crippen LogP contribution is 2.31. The normalized spacial score (nSPS) is 10.1. The molecule has 1 N–H and O–H groups in total. The van der Waals surface area contributed by atoms with Crippen LogP contribution in [0.4, 0.5) is 0 Å². The summed E-state index contributed by atoms with van der Waals surface area (Å²) < 4.78 is 12.8. The lowest BCUT2D eigenvalue weighted by Crippen LogP contribution is -2.05. The number of benzene rings is 2. The number of para-hydroxylation sites is 1. The molecular formula is C16H18ClN5O2. The van der Waals surface area contributed by atoms with Crippen molar-refractivity contribution in [3.8, 4) is 23.2 Å². The smallest absolute Gasteiger partial charge is 0.346 e. The number of nitrogens with zero attached hydrogens (tertiary/aromatic N) is 4. The quantitative estimate of drug-likeness (QED) is 0.738. The molecule has 0 saturated heterocycles. The number of hydrogen-bond donors (Lipinski definition) is 1. The van der Waals surface area contributed by atoms with E-state index < -0.39 is 0 Å². The molecule has 24 heavy (non-hydrogen) atoms. The molecule has 0 aliphatic carbocycles. The third-order valence-electron chi connectivity index (χ3n) is 3.25. The first-order chi connectivity index (χ1) is 11.3. The van der Waals surface area contributed by atoms with Crippen LogP contribution in [0.1, 0.15) is 5.56 Å². The van der Waals surface area contributed by atoms with Gasteiger partial charge in [-0.3, -0.25) is 0 Å². The third-order valence-corrected chi connectivity index (χ3v) is 3.25. The van der Waals surface area contributed by atoms with Gasteiger partial charge in [0, 0.05) is 6.54 Å². The average Bonchev–Trinajstić information content (AvgIpc) is 3.05. The fourth-order valence-corrected chi connectivity index (χ4v) is 2.18. The average molecular weight is 348 g/mol. The molecule has 1 aromatic heterocycles. The van der Waals surface area contributed by atoms with Crippen LogP contribution in [0.15, 0.2) is 48.5 Å². The second-order valence-electron chi connectivity index (χ2n) is 4.83. The second kappa shape index (κ2) is 8.28. The summed E-state index contributed by atoms with van der Waals surface area (Å²) in [6.07, 6.45) is 0. The maximum atomic E-state index is 5.84. The highest BCUT2D eigenvalue weighted by atomic mass is 35.5. The summed E-state index contributed by atoms with van der Waals surface area (Å²) in [6.45, 7) is 0.748. The molecule has 0 amide bonds. The molecular weight excluding hydrogens is 330 g/mol. The minimum Gasteiger partial charge on any atom is -0.493 e. The van der Waals surface area contributed by atoms with Crippen LogP contribution >= 0.6 is 12.4 Å². The van der Waals surface area contributed by atoms with Crippen LogP contribution in [-0.4, -0.2) is 34.4 Å². The zero-order valence-corrected chi connectivity index (χ0v) is 14.2. The van der Waals surface area contributed by atoms with Gasteiger partial charge in [0.2, 0.25) is 0 Å². The van der Waals surface area contributed by atoms with Gasteiger partial charge in [0.05, 0.1) is 12.8 Å². The van der Waals surface area contributed by atoms with Gasteiger partial charge in [-0.05, 0) is 47.3 Å². The summed E-state index contributed by atoms with van der Waals surface area (Å²) >= 11 is 0. The van der Waals surface area contributed by atoms with Crippen molar-refractivity contribution >= 4 is 12.4 Å². The molecule has 0 aliphatic heterocycles. The molecule has 126 valence electrons. The Morgan fingerprint density at radius 2 is 1.88 bits per heavy atom. The number of hydrogen-bond acceptors (Lipinski definition) is 6. The van der Waals surface area contributed by atoms with Crippen molar-refractivity contribution in [1.29, 1.82) is 0 Å². The molecule has 0 unspecified atom stereocenters. The van der Waals surface area contributed by atoms with E-state index in [1.165, 1.54) is 4.68 Å². The van der Waals surface area contributed by atoms with Gasteiger partial charge in [0.1, 0.15) is 0 Å². The Morgan fingerprint density at radius 3 is 2.58 bits per heavy atom. The largest absolute Gasteiger partial charge is 0.493 e. The monoisotopic (exact) mass is 347 g/mol. The van der Waals surface area contributed by atoms with Crippen molar-refractivity contribution in [3.63, 3.8) is 0 Å². The molecule has 0 aliphatic rings. The van der Waals surface area contributed by atoms with Gasteiger partial charge in [-0.25, -0.2) is 0 Å². The lowest BCUT2D eigenvalue weighted by Gasteiger charge is -2.11. The fraction of sp³-hybridized carbons (Fsp3) is 0.188. The van der Waals surface area contributed by atoms with E-state index in [9.17, 15) is 0 Å². The van der Waals surface area contributed by atoms with Crippen LogP contribution in [-0.2, 0) is 6.54 Å². The van der Waals surface area contributed by atoms with Gasteiger partial charge in [0.15, 0.2) is 11.5 Å². The lowest BCUT2D eigenvalue weighted by atomic mass is 10.2. The Hall–Kier alpha value is -2.64. The topological polar surface area (TPSA) is 74.1 Å². The van der Waals surface area contributed by atoms with Crippen molar-refractivity contribution in [1.82, 2.24) is 25.5 Å². The molecule has 7 nitrogen and oxygen atoms in total. The Balaban J connectivity index is 0.00000208. The maximum absolute atomic E-state index is 5.84. The maximum Gasteiger partial charge on any atom is 0.346 e. The molecule has 2 aromatic carbocycles. The van der Waals surface area contributed by atoms with Crippen LogP contribution in [0, 0.1) is 0 Å². The van der Waals surface area contributed by atoms with E-state index >= 15 is 0 Å². The molecule has 0 fully saturated rings. The molecule has 0 saturated carbocycles. The fourth-order valence-electron chi connectivity index (χ4n) is 2.18. The highest BCUT2D eigenvalue weighted by molar-refractivity contribution is 5.85. The number of aromatic nitrogens is 4. The minimum absolute atomic E-state index is 0. The summed E-state index contributed by atoms with van der Waals surface area (Å²) in [5.74, 6) is 1.18. The first-order valence-electron chi connectivity index (χ1n) is 7.15. The first kappa shape index (κ1) is 17.7. The van der Waals surface area contributed by atoms with Crippen LogP contribution in [0.2, 0.25) is 0 Å². The van der Waals surface area contributed by atoms with Gasteiger partial charge in [0.25, 0.3) is 0 Å². The molecule has 0 spiro atoms. The Kier molecular flexibility index (Phi) is 6.11. The van der Waals surface area contributed by atoms with E-state index in [0.717, 1.165) is 17.8 Å². The van der Waals surface area contributed by atoms with E-state index in [-0.39, 0.29) is 18.4 Å². The van der Waals surface area contributed by atoms with Crippen molar-refractivity contribution < 1.29 is 9.47 Å². The van der Waals surface area contributed by atoms with Crippen molar-refractivity contribution in [3.05, 3.63) is 54.1 Å². The van der Waals surface area contributed by atoms with Crippen LogP contribution in [0.25, 0.3) is 5.69 Å². The molecule has 8 heteroatoms. The van der Waals surface area contributed by atoms with Crippen LogP contribution in [0.3, 0.4) is 0 Å². The number of ether oxygens (including phenoxy) is 2. The molecule has 0 atom stereocenters. The van der Waals surface area contributed by atoms with Crippen LogP contribution < -0.4 is 14.8 Å². The summed E-state index contributed by atoms with van der Waals surface area (Å²) in [7, 11) is 3.50. The molecule has 3 aromatic rings. The summed E-state index contributed by atoms with van der Waals surface area (Å²) in [5, 5.41) is 14.7. The van der Waals surface area contributed by atoms with E-state index in [1.54, 1.807) is 7.11 Å². The second-order valence-corrected chi connectivity index (χ2v) is 4.83. The third kappa shape index (κ3) is 3.81. The summed E-state index contributed by atoms with van der Waals surface area (Å²) in [5.41, 5.74) is 1.91. The molecule has 3 rings (SSSR count). The lowest BCUT2D eigenvalue weighted by molar-refractivity contribution is 0.362. The summed E-state index contributed by atoms with van der Waals surface area (Å²) in [4.78, 5) is 0. The van der Waals surface area contributed by atoms with E-state index in [2.05, 4.69) is 20.8 Å². The predicted molar refractivity (Wildman–Crippen MR) is 92.2 cm³/mol. The van der Waals surface area contributed by atoms with E-state index in [1.807, 2.05) is 55.6 Å². The first-order valence-corrected chi connectivity index (χ1v) is 7.15. The van der Waals surface area contributed by atoms with Gasteiger partial charge in [-0.2, -0.15) is 4.68 Å². The number of rotatable bonds is 6. The number of nitrogens with one attached hydrogen (secondary N) is 1. The Bertz CT molecular complexity index is 779. The summed E-state index contributed by atoms with van der Waals surface area (Å²) in [6, 6.07) is 15.5. The van der Waals surface area contributed by atoms with Gasteiger partial charge in [-0.15, -0.1) is 12.4 Å². The Labute approximate surface area is 146 Å². The number of halogens is 1. The van der Waals surface area contributed by atoms with Crippen LogP contribution in [0.5, 0.6) is 17.5 Å². The van der Waals surface area contributed by atoms with Crippen molar-refractivity contribution in [2.24, 2.45) is 0 Å². The molecule has 1 heterocycles. The highest BCUT2D eigenvalue weighted by Gasteiger charge is 2.13. The predicted octanol–water partition coefficient (Wildman–Crippen LogP) is 2.60. The standard InChI is InChI=1S/C16H17N5O2.ClH/c1-17-11-12-8-9-14(15(10-12)22-2)23-16-18-19-20-21(16)13-6-4-3-5-7-13;/h3-10,17H,11H2,1-2H3;1H. The zero-order valence-electron chi connectivity index (χ0n) is 13.3. The van der Waals surface area contributed by atoms with Gasteiger partial charge >= 0.3 is 6.01 Å². The van der Waals surface area contributed by atoms with Gasteiger partial charge < -0.3 is 14.8 Å². The van der Waals surface area contributed by atoms with Crippen molar-refractivity contribution in [2.75, 3.05) is 14.2 Å². The van der Waals surface area contributed by atoms with Crippen molar-refractivity contribution in [2.45, 2.75) is 6.54 Å².